The highest BCUT2D eigenvalue weighted by Crippen LogP contribution is 2.11. The van der Waals surface area contributed by atoms with Crippen molar-refractivity contribution in [3.05, 3.63) is 25.3 Å². The monoisotopic (exact) mass is 300 g/mol. The second-order valence-corrected chi connectivity index (χ2v) is 3.98. The molecule has 7 heteroatoms. The quantitative estimate of drug-likeness (QED) is 0.555. The third-order valence-electron chi connectivity index (χ3n) is 2.33. The van der Waals surface area contributed by atoms with Gasteiger partial charge in [-0.25, -0.2) is 9.59 Å². The van der Waals surface area contributed by atoms with E-state index in [0.717, 1.165) is 31.6 Å². The molecule has 21 heavy (non-hydrogen) atoms. The predicted molar refractivity (Wildman–Crippen MR) is 73.5 cm³/mol. The third-order valence-corrected chi connectivity index (χ3v) is 2.33. The summed E-state index contributed by atoms with van der Waals surface area (Å²) in [7, 11) is 0. The van der Waals surface area contributed by atoms with E-state index in [0.29, 0.717) is 6.61 Å². The molecule has 0 amide bonds. The molecule has 0 spiro atoms. The number of carboxylic acids is 1. The average Bonchev–Trinajstić information content (AvgIpc) is 2.98. The molecule has 1 fully saturated rings. The maximum atomic E-state index is 10.6. The van der Waals surface area contributed by atoms with E-state index in [-0.39, 0.29) is 25.1 Å². The fraction of sp³-hybridized carbons (Fsp3) is 0.500. The smallest absolute Gasteiger partial charge is 0.330 e. The van der Waals surface area contributed by atoms with Gasteiger partial charge in [0.25, 0.3) is 0 Å². The van der Waals surface area contributed by atoms with Crippen molar-refractivity contribution in [3.63, 3.8) is 0 Å². The number of carboxylic acid groups (broad SMARTS) is 1. The maximum absolute atomic E-state index is 10.6. The van der Waals surface area contributed by atoms with Crippen LogP contribution in [0.15, 0.2) is 25.3 Å². The van der Waals surface area contributed by atoms with Crippen LogP contribution < -0.4 is 0 Å². The van der Waals surface area contributed by atoms with Gasteiger partial charge in [0.05, 0.1) is 12.5 Å². The van der Waals surface area contributed by atoms with Gasteiger partial charge in [-0.3, -0.25) is 4.79 Å². The Bertz CT molecular complexity index is 370. The molecule has 0 aliphatic carbocycles. The summed E-state index contributed by atoms with van der Waals surface area (Å²) in [5, 5.41) is 8.08. The molecule has 1 heterocycles. The Morgan fingerprint density at radius 2 is 1.81 bits per heavy atom. The number of ether oxygens (including phenoxy) is 3. The predicted octanol–water partition coefficient (Wildman–Crippen LogP) is 1.08. The van der Waals surface area contributed by atoms with Gasteiger partial charge in [0.1, 0.15) is 13.2 Å². The third kappa shape index (κ3) is 11.4. The minimum Gasteiger partial charge on any atom is -0.481 e. The van der Waals surface area contributed by atoms with Crippen LogP contribution in [-0.4, -0.2) is 48.9 Å². The Hall–Kier alpha value is -2.15. The van der Waals surface area contributed by atoms with Crippen LogP contribution in [0.3, 0.4) is 0 Å². The molecule has 0 radical (unpaired) electrons. The molecule has 1 saturated heterocycles. The van der Waals surface area contributed by atoms with E-state index in [9.17, 15) is 14.4 Å². The molecule has 7 nitrogen and oxygen atoms in total. The number of aliphatic carboxylic acids is 1. The SMILES string of the molecule is C=CC(=O)OCC1CCCO1.C=CC(=O)OCCC(=O)O. The first kappa shape index (κ1) is 18.9. The lowest BCUT2D eigenvalue weighted by Crippen LogP contribution is -2.16. The summed E-state index contributed by atoms with van der Waals surface area (Å²) in [6, 6.07) is 0. The fourth-order valence-corrected chi connectivity index (χ4v) is 1.31. The summed E-state index contributed by atoms with van der Waals surface area (Å²) in [6.07, 6.45) is 4.15. The lowest BCUT2D eigenvalue weighted by molar-refractivity contribution is -0.143. The number of hydrogen-bond acceptors (Lipinski definition) is 6. The molecular weight excluding hydrogens is 280 g/mol. The molecule has 118 valence electrons. The molecule has 0 aromatic heterocycles. The van der Waals surface area contributed by atoms with Crippen LogP contribution in [0.1, 0.15) is 19.3 Å². The normalized spacial score (nSPS) is 16.1. The van der Waals surface area contributed by atoms with Gasteiger partial charge in [-0.2, -0.15) is 0 Å². The van der Waals surface area contributed by atoms with Crippen molar-refractivity contribution in [2.45, 2.75) is 25.4 Å². The van der Waals surface area contributed by atoms with Gasteiger partial charge in [0.2, 0.25) is 0 Å². The number of esters is 2. The van der Waals surface area contributed by atoms with Crippen LogP contribution in [0.25, 0.3) is 0 Å². The second-order valence-electron chi connectivity index (χ2n) is 3.98. The van der Waals surface area contributed by atoms with Crippen molar-refractivity contribution in [3.8, 4) is 0 Å². The van der Waals surface area contributed by atoms with Gasteiger partial charge in [0.15, 0.2) is 0 Å². The van der Waals surface area contributed by atoms with Crippen LogP contribution in [0.5, 0.6) is 0 Å². The zero-order valence-corrected chi connectivity index (χ0v) is 11.8. The van der Waals surface area contributed by atoms with E-state index in [1.54, 1.807) is 0 Å². The standard InChI is InChI=1S/C8H12O3.C6H8O4/c1-2-8(9)11-6-7-4-3-5-10-7;1-2-6(9)10-4-3-5(7)8/h2,7H,1,3-6H2;2H,1,3-4H2,(H,7,8). The number of hydrogen-bond donors (Lipinski definition) is 1. The van der Waals surface area contributed by atoms with Gasteiger partial charge >= 0.3 is 17.9 Å². The lowest BCUT2D eigenvalue weighted by atomic mass is 10.2. The minimum atomic E-state index is -0.989. The summed E-state index contributed by atoms with van der Waals surface area (Å²) < 4.78 is 14.4. The summed E-state index contributed by atoms with van der Waals surface area (Å²) in [5.41, 5.74) is 0. The van der Waals surface area contributed by atoms with Crippen molar-refractivity contribution >= 4 is 17.9 Å². The van der Waals surface area contributed by atoms with Crippen LogP contribution in [-0.2, 0) is 28.6 Å². The van der Waals surface area contributed by atoms with E-state index >= 15 is 0 Å². The number of rotatable bonds is 7. The minimum absolute atomic E-state index is 0.0970. The van der Waals surface area contributed by atoms with Gasteiger partial charge in [-0.15, -0.1) is 0 Å². The molecule has 1 atom stereocenters. The van der Waals surface area contributed by atoms with Crippen molar-refractivity contribution in [1.29, 1.82) is 0 Å². The van der Waals surface area contributed by atoms with E-state index < -0.39 is 11.9 Å². The van der Waals surface area contributed by atoms with Crippen LogP contribution in [0, 0.1) is 0 Å². The molecule has 1 unspecified atom stereocenters. The average molecular weight is 300 g/mol. The van der Waals surface area contributed by atoms with E-state index in [1.165, 1.54) is 0 Å². The molecule has 0 aromatic rings. The van der Waals surface area contributed by atoms with E-state index in [4.69, 9.17) is 14.6 Å². The van der Waals surface area contributed by atoms with Gasteiger partial charge in [-0.05, 0) is 12.8 Å². The molecule has 0 aromatic carbocycles. The van der Waals surface area contributed by atoms with Crippen molar-refractivity contribution in [2.24, 2.45) is 0 Å². The fourth-order valence-electron chi connectivity index (χ4n) is 1.31. The second kappa shape index (κ2) is 11.7. The Labute approximate surface area is 123 Å². The van der Waals surface area contributed by atoms with Crippen molar-refractivity contribution in [2.75, 3.05) is 19.8 Å². The summed E-state index contributed by atoms with van der Waals surface area (Å²) >= 11 is 0. The molecule has 0 saturated carbocycles. The van der Waals surface area contributed by atoms with Gasteiger partial charge < -0.3 is 19.3 Å². The maximum Gasteiger partial charge on any atom is 0.330 e. The zero-order valence-electron chi connectivity index (χ0n) is 11.8. The number of carbonyl (C=O) groups is 3. The van der Waals surface area contributed by atoms with Crippen LogP contribution >= 0.6 is 0 Å². The Kier molecular flexibility index (Phi) is 10.5. The van der Waals surface area contributed by atoms with Gasteiger partial charge in [0, 0.05) is 18.8 Å². The first-order valence-electron chi connectivity index (χ1n) is 6.41. The van der Waals surface area contributed by atoms with E-state index in [1.807, 2.05) is 0 Å². The van der Waals surface area contributed by atoms with Crippen LogP contribution in [0.2, 0.25) is 0 Å². The zero-order chi connectivity index (χ0) is 16.1. The first-order valence-corrected chi connectivity index (χ1v) is 6.41. The molecule has 1 aliphatic heterocycles. The first-order chi connectivity index (χ1) is 9.99. The highest BCUT2D eigenvalue weighted by atomic mass is 16.6. The Morgan fingerprint density at radius 1 is 1.19 bits per heavy atom. The highest BCUT2D eigenvalue weighted by molar-refractivity contribution is 5.81. The van der Waals surface area contributed by atoms with Crippen LogP contribution in [0.4, 0.5) is 0 Å². The van der Waals surface area contributed by atoms with Crippen molar-refractivity contribution in [1.82, 2.24) is 0 Å². The molecule has 1 rings (SSSR count). The number of carbonyl (C=O) groups excluding carboxylic acids is 2. The summed E-state index contributed by atoms with van der Waals surface area (Å²) in [4.78, 5) is 30.7. The van der Waals surface area contributed by atoms with E-state index in [2.05, 4.69) is 17.9 Å². The molecular formula is C14H20O7. The Balaban J connectivity index is 0.000000384. The van der Waals surface area contributed by atoms with Gasteiger partial charge in [-0.1, -0.05) is 13.2 Å². The lowest BCUT2D eigenvalue weighted by Gasteiger charge is -2.07. The Morgan fingerprint density at radius 3 is 2.29 bits per heavy atom. The largest absolute Gasteiger partial charge is 0.481 e. The summed E-state index contributed by atoms with van der Waals surface area (Å²) in [6.45, 7) is 7.48. The van der Waals surface area contributed by atoms with Crippen molar-refractivity contribution < 1.29 is 33.7 Å². The summed E-state index contributed by atoms with van der Waals surface area (Å²) in [5.74, 6) is -1.96. The highest BCUT2D eigenvalue weighted by Gasteiger charge is 2.16. The molecule has 1 aliphatic rings. The molecule has 0 bridgehead atoms. The molecule has 1 N–H and O–H groups in total. The topological polar surface area (TPSA) is 99.1 Å².